The lowest BCUT2D eigenvalue weighted by molar-refractivity contribution is -0.142. The van der Waals surface area contributed by atoms with Crippen LogP contribution in [0.2, 0.25) is 0 Å². The number of nitriles is 1. The molecule has 0 saturated carbocycles. The van der Waals surface area contributed by atoms with Gasteiger partial charge in [0.25, 0.3) is 0 Å². The van der Waals surface area contributed by atoms with E-state index in [1.807, 2.05) is 6.07 Å². The minimum absolute atomic E-state index is 0.0260. The largest absolute Gasteiger partial charge is 0.466 e. The summed E-state index contributed by atoms with van der Waals surface area (Å²) in [6, 6.07) is 3.44. The molecule has 0 saturated heterocycles. The Bertz CT molecular complexity index is 410. The monoisotopic (exact) mass is 205 g/mol. The van der Waals surface area contributed by atoms with Gasteiger partial charge >= 0.3 is 5.97 Å². The number of esters is 1. The Morgan fingerprint density at radius 1 is 1.73 bits per heavy atom. The van der Waals surface area contributed by atoms with Gasteiger partial charge in [-0.3, -0.25) is 9.78 Å². The van der Waals surface area contributed by atoms with Crippen molar-refractivity contribution in [2.45, 2.75) is 13.3 Å². The van der Waals surface area contributed by atoms with E-state index in [0.717, 1.165) is 0 Å². The minimum atomic E-state index is -0.410. The number of rotatable bonds is 3. The van der Waals surface area contributed by atoms with Crippen molar-refractivity contribution in [3.8, 4) is 6.07 Å². The Morgan fingerprint density at radius 2 is 2.47 bits per heavy atom. The topological polar surface area (TPSA) is 89.0 Å². The Morgan fingerprint density at radius 3 is 3.07 bits per heavy atom. The molecule has 0 unspecified atom stereocenters. The summed E-state index contributed by atoms with van der Waals surface area (Å²) in [4.78, 5) is 15.1. The Labute approximate surface area is 87.5 Å². The molecule has 0 aliphatic heterocycles. The van der Waals surface area contributed by atoms with Crippen LogP contribution in [0.1, 0.15) is 18.2 Å². The quantitative estimate of drug-likeness (QED) is 0.731. The highest BCUT2D eigenvalue weighted by atomic mass is 16.5. The molecule has 1 aromatic heterocycles. The van der Waals surface area contributed by atoms with E-state index in [9.17, 15) is 4.79 Å². The highest BCUT2D eigenvalue weighted by Gasteiger charge is 2.11. The number of carbonyl (C=O) groups excluding carboxylic acids is 1. The van der Waals surface area contributed by atoms with Crippen LogP contribution in [-0.2, 0) is 16.0 Å². The molecule has 0 amide bonds. The molecular weight excluding hydrogens is 194 g/mol. The predicted molar refractivity (Wildman–Crippen MR) is 53.7 cm³/mol. The highest BCUT2D eigenvalue weighted by molar-refractivity contribution is 5.74. The molecule has 5 heteroatoms. The summed E-state index contributed by atoms with van der Waals surface area (Å²) in [5.74, 6) is -0.410. The number of ether oxygens (including phenoxy) is 1. The molecule has 0 bridgehead atoms. The maximum atomic E-state index is 11.2. The normalized spacial score (nSPS) is 9.33. The zero-order valence-corrected chi connectivity index (χ0v) is 8.36. The molecule has 0 atom stereocenters. The van der Waals surface area contributed by atoms with Gasteiger partial charge in [0.1, 0.15) is 6.07 Å². The number of nitrogens with zero attached hydrogens (tertiary/aromatic N) is 2. The van der Waals surface area contributed by atoms with Crippen LogP contribution in [-0.4, -0.2) is 17.6 Å². The summed E-state index contributed by atoms with van der Waals surface area (Å²) in [7, 11) is 0. The Balaban J connectivity index is 2.91. The molecule has 1 aromatic rings. The average molecular weight is 205 g/mol. The van der Waals surface area contributed by atoms with E-state index >= 15 is 0 Å². The van der Waals surface area contributed by atoms with E-state index in [4.69, 9.17) is 15.7 Å². The zero-order valence-electron chi connectivity index (χ0n) is 8.36. The van der Waals surface area contributed by atoms with E-state index in [-0.39, 0.29) is 12.0 Å². The first kappa shape index (κ1) is 11.0. The van der Waals surface area contributed by atoms with Crippen molar-refractivity contribution in [1.29, 1.82) is 5.26 Å². The van der Waals surface area contributed by atoms with Crippen LogP contribution in [0.4, 0.5) is 5.69 Å². The summed E-state index contributed by atoms with van der Waals surface area (Å²) in [6.45, 7) is 2.03. The molecule has 0 spiro atoms. The third-order valence-corrected chi connectivity index (χ3v) is 1.79. The van der Waals surface area contributed by atoms with Gasteiger partial charge in [0.15, 0.2) is 0 Å². The molecule has 5 nitrogen and oxygen atoms in total. The van der Waals surface area contributed by atoms with Crippen LogP contribution in [0, 0.1) is 11.3 Å². The van der Waals surface area contributed by atoms with Gasteiger partial charge in [-0.15, -0.1) is 0 Å². The lowest BCUT2D eigenvalue weighted by Gasteiger charge is -2.04. The second kappa shape index (κ2) is 4.96. The van der Waals surface area contributed by atoms with Crippen LogP contribution >= 0.6 is 0 Å². The first-order valence-electron chi connectivity index (χ1n) is 4.48. The molecule has 15 heavy (non-hydrogen) atoms. The van der Waals surface area contributed by atoms with Gasteiger partial charge in [-0.1, -0.05) is 0 Å². The number of hydrogen-bond acceptors (Lipinski definition) is 5. The molecule has 0 fully saturated rings. The molecule has 1 rings (SSSR count). The fourth-order valence-electron chi connectivity index (χ4n) is 1.13. The highest BCUT2D eigenvalue weighted by Crippen LogP contribution is 2.13. The molecule has 1 heterocycles. The van der Waals surface area contributed by atoms with Crippen LogP contribution in [0.5, 0.6) is 0 Å². The first-order valence-corrected chi connectivity index (χ1v) is 4.48. The predicted octanol–water partition coefficient (Wildman–Crippen LogP) is 0.641. The van der Waals surface area contributed by atoms with Crippen molar-refractivity contribution in [2.75, 3.05) is 12.3 Å². The van der Waals surface area contributed by atoms with Crippen molar-refractivity contribution >= 4 is 11.7 Å². The van der Waals surface area contributed by atoms with Crippen molar-refractivity contribution in [1.82, 2.24) is 4.98 Å². The number of hydrogen-bond donors (Lipinski definition) is 1. The molecular formula is C10H11N3O2. The molecule has 2 N–H and O–H groups in total. The van der Waals surface area contributed by atoms with Crippen molar-refractivity contribution in [2.24, 2.45) is 0 Å². The van der Waals surface area contributed by atoms with Gasteiger partial charge in [0, 0.05) is 6.20 Å². The third kappa shape index (κ3) is 2.68. The summed E-state index contributed by atoms with van der Waals surface area (Å²) >= 11 is 0. The maximum absolute atomic E-state index is 11.2. The Hall–Kier alpha value is -2.09. The third-order valence-electron chi connectivity index (χ3n) is 1.79. The molecule has 0 aliphatic rings. The van der Waals surface area contributed by atoms with Crippen molar-refractivity contribution < 1.29 is 9.53 Å². The smallest absolute Gasteiger partial charge is 0.311 e. The molecule has 78 valence electrons. The molecule has 0 radical (unpaired) electrons. The van der Waals surface area contributed by atoms with E-state index in [2.05, 4.69) is 4.98 Å². The SMILES string of the molecule is CCOC(=O)Cc1nccc(N)c1C#N. The van der Waals surface area contributed by atoms with Gasteiger partial charge in [0.2, 0.25) is 0 Å². The average Bonchev–Trinajstić information content (AvgIpc) is 2.18. The van der Waals surface area contributed by atoms with E-state index in [1.54, 1.807) is 6.92 Å². The maximum Gasteiger partial charge on any atom is 0.311 e. The number of pyridine rings is 1. The van der Waals surface area contributed by atoms with Crippen molar-refractivity contribution in [3.63, 3.8) is 0 Å². The molecule has 0 aromatic carbocycles. The summed E-state index contributed by atoms with van der Waals surface area (Å²) in [5, 5.41) is 8.82. The number of nitrogens with two attached hydrogens (primary N) is 1. The minimum Gasteiger partial charge on any atom is -0.466 e. The van der Waals surface area contributed by atoms with Gasteiger partial charge in [-0.05, 0) is 13.0 Å². The molecule has 0 aliphatic carbocycles. The standard InChI is InChI=1S/C10H11N3O2/c1-2-15-10(14)5-9-7(6-11)8(12)3-4-13-9/h3-4H,2,5H2,1H3,(H2,12,13). The van der Waals surface area contributed by atoms with Crippen LogP contribution in [0.25, 0.3) is 0 Å². The number of carbonyl (C=O) groups is 1. The second-order valence-electron chi connectivity index (χ2n) is 2.82. The fraction of sp³-hybridized carbons (Fsp3) is 0.300. The summed E-state index contributed by atoms with van der Waals surface area (Å²) in [5.41, 5.74) is 6.49. The van der Waals surface area contributed by atoms with E-state index in [0.29, 0.717) is 18.0 Å². The number of aromatic nitrogens is 1. The van der Waals surface area contributed by atoms with E-state index < -0.39 is 5.97 Å². The summed E-state index contributed by atoms with van der Waals surface area (Å²) < 4.78 is 4.76. The lowest BCUT2D eigenvalue weighted by atomic mass is 10.1. The van der Waals surface area contributed by atoms with Gasteiger partial charge in [0.05, 0.1) is 30.0 Å². The first-order chi connectivity index (χ1) is 7.19. The zero-order chi connectivity index (χ0) is 11.3. The van der Waals surface area contributed by atoms with Crippen LogP contribution in [0.3, 0.4) is 0 Å². The van der Waals surface area contributed by atoms with Crippen LogP contribution in [0.15, 0.2) is 12.3 Å². The van der Waals surface area contributed by atoms with Gasteiger partial charge in [-0.2, -0.15) is 5.26 Å². The number of anilines is 1. The van der Waals surface area contributed by atoms with Gasteiger partial charge < -0.3 is 10.5 Å². The Kier molecular flexibility index (Phi) is 3.63. The van der Waals surface area contributed by atoms with E-state index in [1.165, 1.54) is 12.3 Å². The summed E-state index contributed by atoms with van der Waals surface area (Å²) in [6.07, 6.45) is 1.44. The fourth-order valence-corrected chi connectivity index (χ4v) is 1.13. The number of nitrogen functional groups attached to an aromatic ring is 1. The van der Waals surface area contributed by atoms with Gasteiger partial charge in [-0.25, -0.2) is 0 Å². The lowest BCUT2D eigenvalue weighted by Crippen LogP contribution is -2.11. The van der Waals surface area contributed by atoms with Crippen molar-refractivity contribution in [3.05, 3.63) is 23.5 Å². The second-order valence-corrected chi connectivity index (χ2v) is 2.82. The van der Waals surface area contributed by atoms with Crippen LogP contribution < -0.4 is 5.73 Å².